The molecule has 0 spiro atoms. The molecule has 21 heavy (non-hydrogen) atoms. The van der Waals surface area contributed by atoms with Crippen molar-refractivity contribution in [1.82, 2.24) is 10.2 Å². The summed E-state index contributed by atoms with van der Waals surface area (Å²) < 4.78 is 5.82. The van der Waals surface area contributed by atoms with E-state index < -0.39 is 0 Å². The fraction of sp³-hybridized carbons (Fsp3) is 0.667. The van der Waals surface area contributed by atoms with E-state index in [9.17, 15) is 0 Å². The van der Waals surface area contributed by atoms with E-state index in [2.05, 4.69) is 55.4 Å². The zero-order chi connectivity index (χ0) is 15.1. The smallest absolute Gasteiger partial charge is 0.119 e. The molecular weight excluding hydrogens is 260 g/mol. The molecule has 2 rings (SSSR count). The van der Waals surface area contributed by atoms with Crippen LogP contribution in [0.1, 0.15) is 44.7 Å². The maximum atomic E-state index is 5.82. The first-order valence-electron chi connectivity index (χ1n) is 8.41. The van der Waals surface area contributed by atoms with Crippen LogP contribution in [0.25, 0.3) is 0 Å². The number of hydrogen-bond acceptors (Lipinski definition) is 3. The zero-order valence-corrected chi connectivity index (χ0v) is 13.8. The SMILES string of the molecule is CCCOc1cccc(C2C(CNC)CCCN2CC)c1. The molecule has 1 aromatic carbocycles. The largest absolute Gasteiger partial charge is 0.494 e. The summed E-state index contributed by atoms with van der Waals surface area (Å²) in [5.74, 6) is 1.70. The Morgan fingerprint density at radius 1 is 1.33 bits per heavy atom. The van der Waals surface area contributed by atoms with Crippen molar-refractivity contribution in [3.05, 3.63) is 29.8 Å². The highest BCUT2D eigenvalue weighted by Gasteiger charge is 2.31. The number of nitrogens with zero attached hydrogens (tertiary/aromatic N) is 1. The molecule has 3 nitrogen and oxygen atoms in total. The van der Waals surface area contributed by atoms with Gasteiger partial charge in [0.25, 0.3) is 0 Å². The van der Waals surface area contributed by atoms with Crippen LogP contribution in [0.3, 0.4) is 0 Å². The predicted molar refractivity (Wildman–Crippen MR) is 88.9 cm³/mol. The number of benzene rings is 1. The van der Waals surface area contributed by atoms with Crippen LogP contribution >= 0.6 is 0 Å². The molecule has 1 aromatic rings. The Hall–Kier alpha value is -1.06. The van der Waals surface area contributed by atoms with E-state index in [-0.39, 0.29) is 0 Å². The predicted octanol–water partition coefficient (Wildman–Crippen LogP) is 3.47. The van der Waals surface area contributed by atoms with Gasteiger partial charge in [-0.15, -0.1) is 0 Å². The van der Waals surface area contributed by atoms with Crippen LogP contribution < -0.4 is 10.1 Å². The first-order chi connectivity index (χ1) is 10.3. The molecule has 1 heterocycles. The van der Waals surface area contributed by atoms with Crippen molar-refractivity contribution in [3.63, 3.8) is 0 Å². The van der Waals surface area contributed by atoms with E-state index in [0.29, 0.717) is 12.0 Å². The van der Waals surface area contributed by atoms with Gasteiger partial charge in [-0.05, 0) is 69.6 Å². The molecular formula is C18H30N2O. The van der Waals surface area contributed by atoms with Crippen molar-refractivity contribution in [1.29, 1.82) is 0 Å². The lowest BCUT2D eigenvalue weighted by molar-refractivity contribution is 0.0980. The second-order valence-corrected chi connectivity index (χ2v) is 5.95. The second-order valence-electron chi connectivity index (χ2n) is 5.95. The van der Waals surface area contributed by atoms with Gasteiger partial charge in [-0.3, -0.25) is 4.90 Å². The molecule has 0 aliphatic carbocycles. The van der Waals surface area contributed by atoms with Crippen molar-refractivity contribution >= 4 is 0 Å². The van der Waals surface area contributed by atoms with Crippen molar-refractivity contribution in [2.24, 2.45) is 5.92 Å². The normalized spacial score (nSPS) is 23.2. The topological polar surface area (TPSA) is 24.5 Å². The monoisotopic (exact) mass is 290 g/mol. The van der Waals surface area contributed by atoms with E-state index in [1.54, 1.807) is 0 Å². The molecule has 118 valence electrons. The Labute approximate surface area is 129 Å². The molecule has 0 radical (unpaired) electrons. The molecule has 1 N–H and O–H groups in total. The van der Waals surface area contributed by atoms with E-state index in [1.165, 1.54) is 24.9 Å². The first-order valence-corrected chi connectivity index (χ1v) is 8.41. The standard InChI is InChI=1S/C18H30N2O/c1-4-12-21-17-10-6-8-15(13-17)18-16(14-19-3)9-7-11-20(18)5-2/h6,8,10,13,16,18-19H,4-5,7,9,11-12,14H2,1-3H3. The fourth-order valence-electron chi connectivity index (χ4n) is 3.47. The summed E-state index contributed by atoms with van der Waals surface area (Å²) in [7, 11) is 2.06. The number of piperidine rings is 1. The molecule has 0 bridgehead atoms. The maximum Gasteiger partial charge on any atom is 0.119 e. The molecule has 1 fully saturated rings. The van der Waals surface area contributed by atoms with E-state index >= 15 is 0 Å². The summed E-state index contributed by atoms with van der Waals surface area (Å²) in [5, 5.41) is 3.37. The van der Waals surface area contributed by atoms with E-state index in [0.717, 1.165) is 31.9 Å². The van der Waals surface area contributed by atoms with Crippen LogP contribution in [0.5, 0.6) is 5.75 Å². The van der Waals surface area contributed by atoms with Gasteiger partial charge >= 0.3 is 0 Å². The van der Waals surface area contributed by atoms with Crippen LogP contribution in [0.4, 0.5) is 0 Å². The van der Waals surface area contributed by atoms with Gasteiger partial charge in [0.2, 0.25) is 0 Å². The Bertz CT molecular complexity index is 419. The molecule has 2 atom stereocenters. The third kappa shape index (κ3) is 4.21. The lowest BCUT2D eigenvalue weighted by Gasteiger charge is -2.41. The highest BCUT2D eigenvalue weighted by Crippen LogP contribution is 2.36. The van der Waals surface area contributed by atoms with Crippen molar-refractivity contribution < 1.29 is 4.74 Å². The van der Waals surface area contributed by atoms with Crippen molar-refractivity contribution in [2.45, 2.75) is 39.2 Å². The van der Waals surface area contributed by atoms with Gasteiger partial charge in [0.15, 0.2) is 0 Å². The zero-order valence-electron chi connectivity index (χ0n) is 13.8. The number of nitrogens with one attached hydrogen (secondary N) is 1. The quantitative estimate of drug-likeness (QED) is 0.832. The third-order valence-electron chi connectivity index (χ3n) is 4.41. The van der Waals surface area contributed by atoms with Gasteiger partial charge in [-0.25, -0.2) is 0 Å². The summed E-state index contributed by atoms with van der Waals surface area (Å²) in [5.41, 5.74) is 1.41. The van der Waals surface area contributed by atoms with Crippen molar-refractivity contribution in [3.8, 4) is 5.75 Å². The van der Waals surface area contributed by atoms with Crippen LogP contribution in [-0.2, 0) is 0 Å². The Kier molecular flexibility index (Phi) is 6.52. The molecule has 2 unspecified atom stereocenters. The summed E-state index contributed by atoms with van der Waals surface area (Å²) in [6.07, 6.45) is 3.67. The first kappa shape index (κ1) is 16.3. The number of rotatable bonds is 7. The average molecular weight is 290 g/mol. The highest BCUT2D eigenvalue weighted by molar-refractivity contribution is 5.31. The van der Waals surface area contributed by atoms with Crippen molar-refractivity contribution in [2.75, 3.05) is 33.3 Å². The average Bonchev–Trinajstić information content (AvgIpc) is 2.53. The maximum absolute atomic E-state index is 5.82. The van der Waals surface area contributed by atoms with Crippen LogP contribution in [0, 0.1) is 5.92 Å². The molecule has 0 amide bonds. The number of hydrogen-bond donors (Lipinski definition) is 1. The minimum Gasteiger partial charge on any atom is -0.494 e. The number of likely N-dealkylation sites (tertiary alicyclic amines) is 1. The highest BCUT2D eigenvalue weighted by atomic mass is 16.5. The van der Waals surface area contributed by atoms with Gasteiger partial charge in [-0.2, -0.15) is 0 Å². The lowest BCUT2D eigenvalue weighted by Crippen LogP contribution is -2.41. The van der Waals surface area contributed by atoms with E-state index in [1.807, 2.05) is 0 Å². The van der Waals surface area contributed by atoms with E-state index in [4.69, 9.17) is 4.74 Å². The van der Waals surface area contributed by atoms with Gasteiger partial charge in [0, 0.05) is 6.04 Å². The van der Waals surface area contributed by atoms with Gasteiger partial charge < -0.3 is 10.1 Å². The molecule has 0 saturated carbocycles. The summed E-state index contributed by atoms with van der Waals surface area (Å²) >= 11 is 0. The third-order valence-corrected chi connectivity index (χ3v) is 4.41. The molecule has 1 aliphatic heterocycles. The number of ether oxygens (including phenoxy) is 1. The molecule has 3 heteroatoms. The van der Waals surface area contributed by atoms with Crippen LogP contribution in [-0.4, -0.2) is 38.2 Å². The Morgan fingerprint density at radius 2 is 2.19 bits per heavy atom. The van der Waals surface area contributed by atoms with Gasteiger partial charge in [0.05, 0.1) is 6.61 Å². The lowest BCUT2D eigenvalue weighted by atomic mass is 9.84. The fourth-order valence-corrected chi connectivity index (χ4v) is 3.47. The summed E-state index contributed by atoms with van der Waals surface area (Å²) in [6, 6.07) is 9.24. The summed E-state index contributed by atoms with van der Waals surface area (Å²) in [4.78, 5) is 2.62. The van der Waals surface area contributed by atoms with Crippen LogP contribution in [0.15, 0.2) is 24.3 Å². The molecule has 1 saturated heterocycles. The molecule has 0 aromatic heterocycles. The second kappa shape index (κ2) is 8.40. The Balaban J connectivity index is 2.21. The summed E-state index contributed by atoms with van der Waals surface area (Å²) in [6.45, 7) is 8.62. The minimum absolute atomic E-state index is 0.515. The molecule has 1 aliphatic rings. The minimum atomic E-state index is 0.515. The Morgan fingerprint density at radius 3 is 2.90 bits per heavy atom. The van der Waals surface area contributed by atoms with Crippen LogP contribution in [0.2, 0.25) is 0 Å². The van der Waals surface area contributed by atoms with Gasteiger partial charge in [0.1, 0.15) is 5.75 Å². The van der Waals surface area contributed by atoms with Gasteiger partial charge in [-0.1, -0.05) is 26.0 Å².